The van der Waals surface area contributed by atoms with Gasteiger partial charge in [-0.15, -0.1) is 0 Å². The van der Waals surface area contributed by atoms with E-state index in [1.807, 2.05) is 6.08 Å². The number of ether oxygens (including phenoxy) is 3. The molecule has 0 aromatic carbocycles. The summed E-state index contributed by atoms with van der Waals surface area (Å²) in [4.78, 5) is 25.0. The van der Waals surface area contributed by atoms with Crippen molar-refractivity contribution in [1.29, 1.82) is 0 Å². The number of amides is 1. The van der Waals surface area contributed by atoms with Gasteiger partial charge in [0.15, 0.2) is 6.29 Å². The number of carbonyl (C=O) groups excluding carboxylic acids is 2. The first kappa shape index (κ1) is 61.2. The highest BCUT2D eigenvalue weighted by atomic mass is 16.7. The number of aliphatic hydroxyl groups is 5. The number of hydrogen-bond donors (Lipinski definition) is 6. The molecule has 1 heterocycles. The molecular formula is C54H101NO10. The van der Waals surface area contributed by atoms with Crippen LogP contribution < -0.4 is 5.32 Å². The minimum Gasteiger partial charge on any atom is -0.466 e. The molecule has 0 aliphatic carbocycles. The first-order valence-corrected chi connectivity index (χ1v) is 27.1. The first-order valence-electron chi connectivity index (χ1n) is 27.1. The molecule has 0 aromatic rings. The van der Waals surface area contributed by atoms with Crippen LogP contribution in [-0.2, 0) is 23.8 Å². The van der Waals surface area contributed by atoms with E-state index in [0.29, 0.717) is 19.4 Å². The van der Waals surface area contributed by atoms with Crippen molar-refractivity contribution in [2.45, 2.75) is 288 Å². The molecule has 1 rings (SSSR count). The molecule has 6 N–H and O–H groups in total. The standard InChI is InChI=1S/C54H101NO10/c1-3-5-7-9-11-13-14-15-19-22-26-30-34-38-42-50(59)63-43-39-35-31-27-23-20-17-16-18-21-25-29-33-37-41-49(58)55-46(47(57)40-36-32-28-24-12-10-8-6-4-2)45-64-54-53(62)52(61)51(60)48(44-56)65-54/h12,24,36,40,46-48,51-54,56-57,60-62H,3-11,13-23,25-35,37-39,41-45H2,1-2H3,(H,55,58)/b24-12+,40-36+. The van der Waals surface area contributed by atoms with Gasteiger partial charge in [0.1, 0.15) is 24.4 Å². The van der Waals surface area contributed by atoms with Crippen LogP contribution in [0.15, 0.2) is 24.3 Å². The summed E-state index contributed by atoms with van der Waals surface area (Å²) >= 11 is 0. The normalized spacial score (nSPS) is 19.9. The van der Waals surface area contributed by atoms with Gasteiger partial charge in [-0.05, 0) is 44.9 Å². The fourth-order valence-electron chi connectivity index (χ4n) is 8.45. The summed E-state index contributed by atoms with van der Waals surface area (Å²) in [5.74, 6) is -0.227. The lowest BCUT2D eigenvalue weighted by Gasteiger charge is -2.40. The maximum absolute atomic E-state index is 13.0. The summed E-state index contributed by atoms with van der Waals surface area (Å²) in [6, 6.07) is -0.833. The van der Waals surface area contributed by atoms with E-state index >= 15 is 0 Å². The largest absolute Gasteiger partial charge is 0.466 e. The van der Waals surface area contributed by atoms with E-state index in [9.17, 15) is 35.1 Å². The maximum atomic E-state index is 13.0. The molecule has 11 nitrogen and oxygen atoms in total. The second-order valence-electron chi connectivity index (χ2n) is 18.9. The number of esters is 1. The topological polar surface area (TPSA) is 175 Å². The van der Waals surface area contributed by atoms with Gasteiger partial charge in [0.2, 0.25) is 5.91 Å². The second kappa shape index (κ2) is 44.6. The van der Waals surface area contributed by atoms with Crippen LogP contribution in [0.1, 0.15) is 245 Å². The number of unbranched alkanes of at least 4 members (excludes halogenated alkanes) is 30. The molecule has 7 atom stereocenters. The molecule has 382 valence electrons. The van der Waals surface area contributed by atoms with Crippen LogP contribution in [-0.4, -0.2) is 100 Å². The van der Waals surface area contributed by atoms with Crippen LogP contribution in [0.3, 0.4) is 0 Å². The molecule has 1 aliphatic rings. The monoisotopic (exact) mass is 924 g/mol. The fourth-order valence-corrected chi connectivity index (χ4v) is 8.45. The van der Waals surface area contributed by atoms with Crippen LogP contribution in [0.2, 0.25) is 0 Å². The Labute approximate surface area is 397 Å². The zero-order chi connectivity index (χ0) is 47.4. The van der Waals surface area contributed by atoms with Crippen molar-refractivity contribution in [2.75, 3.05) is 19.8 Å². The molecule has 11 heteroatoms. The molecule has 65 heavy (non-hydrogen) atoms. The van der Waals surface area contributed by atoms with E-state index in [0.717, 1.165) is 70.6 Å². The number of hydrogen-bond acceptors (Lipinski definition) is 10. The summed E-state index contributed by atoms with van der Waals surface area (Å²) in [6.45, 7) is 4.24. The fraction of sp³-hybridized carbons (Fsp3) is 0.889. The van der Waals surface area contributed by atoms with Crippen LogP contribution in [0.4, 0.5) is 0 Å². The summed E-state index contributed by atoms with van der Waals surface area (Å²) in [5, 5.41) is 54.1. The van der Waals surface area contributed by atoms with Crippen molar-refractivity contribution in [2.24, 2.45) is 0 Å². The molecular weight excluding hydrogens is 823 g/mol. The molecule has 0 spiro atoms. The third-order valence-corrected chi connectivity index (χ3v) is 12.8. The lowest BCUT2D eigenvalue weighted by atomic mass is 9.99. The third kappa shape index (κ3) is 35.0. The van der Waals surface area contributed by atoms with Gasteiger partial charge >= 0.3 is 5.97 Å². The lowest BCUT2D eigenvalue weighted by molar-refractivity contribution is -0.302. The highest BCUT2D eigenvalue weighted by Crippen LogP contribution is 2.23. The summed E-state index contributed by atoms with van der Waals surface area (Å²) in [5.41, 5.74) is 0. The summed E-state index contributed by atoms with van der Waals surface area (Å²) in [6.07, 6.45) is 41.3. The Bertz CT molecular complexity index is 1130. The van der Waals surface area contributed by atoms with Gasteiger partial charge in [-0.3, -0.25) is 9.59 Å². The summed E-state index contributed by atoms with van der Waals surface area (Å²) in [7, 11) is 0. The smallest absolute Gasteiger partial charge is 0.305 e. The maximum Gasteiger partial charge on any atom is 0.305 e. The predicted molar refractivity (Wildman–Crippen MR) is 264 cm³/mol. The van der Waals surface area contributed by atoms with Crippen molar-refractivity contribution in [3.63, 3.8) is 0 Å². The van der Waals surface area contributed by atoms with Crippen molar-refractivity contribution in [3.8, 4) is 0 Å². The molecule has 1 saturated heterocycles. The number of nitrogens with one attached hydrogen (secondary N) is 1. The Balaban J connectivity index is 2.09. The SMILES string of the molecule is CCCCC/C=C/CC/C=C/C(O)C(COC1OC(CO)C(O)C(O)C1O)NC(=O)CCCCCCCCCCCCCCCCOC(=O)CCCCCCCCCCCCCCCC. The predicted octanol–water partition coefficient (Wildman–Crippen LogP) is 11.4. The number of rotatable bonds is 46. The van der Waals surface area contributed by atoms with Gasteiger partial charge in [0.25, 0.3) is 0 Å². The number of allylic oxidation sites excluding steroid dienone is 3. The Kier molecular flexibility index (Phi) is 42.0. The number of aliphatic hydroxyl groups excluding tert-OH is 5. The molecule has 1 amide bonds. The molecule has 0 radical (unpaired) electrons. The van der Waals surface area contributed by atoms with E-state index < -0.39 is 49.5 Å². The van der Waals surface area contributed by atoms with Gasteiger partial charge in [-0.25, -0.2) is 0 Å². The molecule has 0 saturated carbocycles. The van der Waals surface area contributed by atoms with Crippen molar-refractivity contribution < 1.29 is 49.3 Å². The van der Waals surface area contributed by atoms with Crippen LogP contribution in [0.25, 0.3) is 0 Å². The van der Waals surface area contributed by atoms with Gasteiger partial charge < -0.3 is 45.1 Å². The van der Waals surface area contributed by atoms with Gasteiger partial charge in [0, 0.05) is 12.8 Å². The molecule has 1 fully saturated rings. The van der Waals surface area contributed by atoms with Crippen LogP contribution in [0.5, 0.6) is 0 Å². The van der Waals surface area contributed by atoms with Gasteiger partial charge in [-0.2, -0.15) is 0 Å². The molecule has 7 unspecified atom stereocenters. The Morgan fingerprint density at radius 3 is 1.52 bits per heavy atom. The Hall–Kier alpha value is -1.86. The minimum atomic E-state index is -1.58. The highest BCUT2D eigenvalue weighted by Gasteiger charge is 2.44. The molecule has 0 bridgehead atoms. The zero-order valence-corrected chi connectivity index (χ0v) is 41.7. The quantitative estimate of drug-likeness (QED) is 0.0196. The highest BCUT2D eigenvalue weighted by molar-refractivity contribution is 5.76. The zero-order valence-electron chi connectivity index (χ0n) is 41.7. The number of carbonyl (C=O) groups is 2. The third-order valence-electron chi connectivity index (χ3n) is 12.8. The van der Waals surface area contributed by atoms with Crippen molar-refractivity contribution >= 4 is 11.9 Å². The average Bonchev–Trinajstić information content (AvgIpc) is 3.30. The van der Waals surface area contributed by atoms with Crippen LogP contribution >= 0.6 is 0 Å². The molecule has 1 aliphatic heterocycles. The Morgan fingerprint density at radius 2 is 1.00 bits per heavy atom. The van der Waals surface area contributed by atoms with E-state index in [-0.39, 0.29) is 18.5 Å². The average molecular weight is 924 g/mol. The van der Waals surface area contributed by atoms with E-state index in [4.69, 9.17) is 14.2 Å². The van der Waals surface area contributed by atoms with E-state index in [1.165, 1.54) is 148 Å². The summed E-state index contributed by atoms with van der Waals surface area (Å²) < 4.78 is 16.6. The lowest BCUT2D eigenvalue weighted by Crippen LogP contribution is -2.60. The Morgan fingerprint density at radius 1 is 0.554 bits per heavy atom. The van der Waals surface area contributed by atoms with E-state index in [2.05, 4.69) is 31.3 Å². The van der Waals surface area contributed by atoms with E-state index in [1.54, 1.807) is 6.08 Å². The van der Waals surface area contributed by atoms with Gasteiger partial charge in [-0.1, -0.05) is 212 Å². The van der Waals surface area contributed by atoms with Crippen LogP contribution in [0, 0.1) is 0 Å². The van der Waals surface area contributed by atoms with Gasteiger partial charge in [0.05, 0.1) is 32.0 Å². The van der Waals surface area contributed by atoms with Crippen molar-refractivity contribution in [3.05, 3.63) is 24.3 Å². The first-order chi connectivity index (χ1) is 31.7. The van der Waals surface area contributed by atoms with Crippen molar-refractivity contribution in [1.82, 2.24) is 5.32 Å². The molecule has 0 aromatic heterocycles. The second-order valence-corrected chi connectivity index (χ2v) is 18.9. The minimum absolute atomic E-state index is 0.0220.